The van der Waals surface area contributed by atoms with Gasteiger partial charge in [-0.1, -0.05) is 44.2 Å². The van der Waals surface area contributed by atoms with Crippen LogP contribution in [0.5, 0.6) is 0 Å². The molecule has 3 heteroatoms. The molecule has 2 aromatic carbocycles. The molecule has 2 heterocycles. The van der Waals surface area contributed by atoms with Crippen LogP contribution < -0.4 is 0 Å². The average Bonchev–Trinajstić information content (AvgIpc) is 3.15. The number of fused-ring (bicyclic) bond motifs is 1. The zero-order chi connectivity index (χ0) is 20.6. The quantitative estimate of drug-likeness (QED) is 0.455. The molecule has 0 unspecified atom stereocenters. The molecular weight excluding hydrogens is 356 g/mol. The van der Waals surface area contributed by atoms with Crippen molar-refractivity contribution < 1.29 is 5.11 Å². The second kappa shape index (κ2) is 7.49. The number of pyridine rings is 1. The molecule has 4 rings (SSSR count). The Morgan fingerprint density at radius 3 is 2.17 bits per heavy atom. The minimum Gasteiger partial charge on any atom is -0.386 e. The number of nitrogens with zero attached hydrogens (tertiary/aromatic N) is 2. The number of rotatable bonds is 5. The van der Waals surface area contributed by atoms with Crippen LogP contribution in [0.1, 0.15) is 44.4 Å². The van der Waals surface area contributed by atoms with Gasteiger partial charge in [-0.3, -0.25) is 4.98 Å². The lowest BCUT2D eigenvalue weighted by atomic mass is 9.94. The highest BCUT2D eigenvalue weighted by molar-refractivity contribution is 5.86. The van der Waals surface area contributed by atoms with Gasteiger partial charge >= 0.3 is 0 Å². The molecule has 148 valence electrons. The first-order chi connectivity index (χ1) is 13.9. The zero-order valence-corrected chi connectivity index (χ0v) is 17.6. The fraction of sp³-hybridized carbons (Fsp3) is 0.269. The van der Waals surface area contributed by atoms with Gasteiger partial charge in [0.05, 0.1) is 23.0 Å². The van der Waals surface area contributed by atoms with Crippen LogP contribution >= 0.6 is 0 Å². The molecule has 0 aliphatic carbocycles. The summed E-state index contributed by atoms with van der Waals surface area (Å²) in [4.78, 5) is 4.85. The van der Waals surface area contributed by atoms with Crippen LogP contribution in [-0.4, -0.2) is 14.7 Å². The molecule has 29 heavy (non-hydrogen) atoms. The van der Waals surface area contributed by atoms with Gasteiger partial charge in [0.2, 0.25) is 0 Å². The summed E-state index contributed by atoms with van der Waals surface area (Å²) in [6, 6.07) is 18.9. The lowest BCUT2D eigenvalue weighted by Gasteiger charge is -2.18. The molecule has 2 aromatic heterocycles. The van der Waals surface area contributed by atoms with Crippen molar-refractivity contribution in [3.8, 4) is 16.9 Å². The van der Waals surface area contributed by atoms with Gasteiger partial charge in [0.15, 0.2) is 0 Å². The molecule has 1 N–H and O–H groups in total. The Kier molecular flexibility index (Phi) is 5.01. The van der Waals surface area contributed by atoms with E-state index in [-0.39, 0.29) is 0 Å². The highest BCUT2D eigenvalue weighted by Gasteiger charge is 2.16. The van der Waals surface area contributed by atoms with E-state index in [9.17, 15) is 5.11 Å². The maximum atomic E-state index is 10.2. The molecule has 0 saturated carbocycles. The monoisotopic (exact) mass is 384 g/mol. The van der Waals surface area contributed by atoms with Crippen molar-refractivity contribution in [2.45, 2.75) is 46.1 Å². The minimum absolute atomic E-state index is 0.836. The first-order valence-corrected chi connectivity index (χ1v) is 10.3. The van der Waals surface area contributed by atoms with E-state index >= 15 is 0 Å². The molecule has 0 aliphatic heterocycles. The lowest BCUT2D eigenvalue weighted by molar-refractivity contribution is 0.0786. The van der Waals surface area contributed by atoms with Crippen LogP contribution in [0, 0.1) is 0 Å². The van der Waals surface area contributed by atoms with Crippen molar-refractivity contribution in [2.24, 2.45) is 0 Å². The van der Waals surface area contributed by atoms with Crippen LogP contribution in [0.3, 0.4) is 0 Å². The van der Waals surface area contributed by atoms with Gasteiger partial charge in [0, 0.05) is 22.8 Å². The topological polar surface area (TPSA) is 38.0 Å². The van der Waals surface area contributed by atoms with E-state index in [2.05, 4.69) is 54.9 Å². The molecule has 4 aromatic rings. The van der Waals surface area contributed by atoms with Crippen molar-refractivity contribution in [3.05, 3.63) is 83.7 Å². The van der Waals surface area contributed by atoms with Crippen LogP contribution in [0.4, 0.5) is 0 Å². The smallest absolute Gasteiger partial charge is 0.0840 e. The maximum Gasteiger partial charge on any atom is 0.0840 e. The molecule has 0 spiro atoms. The SMILES string of the molecule is CCc1cccc(CC)c1-c1cc2ccn(-c3ccc(C(C)(C)O)cc3)c2cn1. The minimum atomic E-state index is -0.836. The Morgan fingerprint density at radius 1 is 0.931 bits per heavy atom. The van der Waals surface area contributed by atoms with E-state index in [4.69, 9.17) is 4.98 Å². The zero-order valence-electron chi connectivity index (χ0n) is 17.6. The number of aromatic nitrogens is 2. The molecule has 0 bridgehead atoms. The van der Waals surface area contributed by atoms with E-state index in [0.29, 0.717) is 0 Å². The Morgan fingerprint density at radius 2 is 1.59 bits per heavy atom. The second-order valence-corrected chi connectivity index (χ2v) is 8.08. The molecular formula is C26H28N2O. The largest absolute Gasteiger partial charge is 0.386 e. The Balaban J connectivity index is 1.78. The summed E-state index contributed by atoms with van der Waals surface area (Å²) in [5, 5.41) is 11.4. The van der Waals surface area contributed by atoms with Crippen molar-refractivity contribution >= 4 is 10.9 Å². The average molecular weight is 385 g/mol. The summed E-state index contributed by atoms with van der Waals surface area (Å²) in [5.41, 5.74) is 7.22. The first-order valence-electron chi connectivity index (χ1n) is 10.3. The predicted molar refractivity (Wildman–Crippen MR) is 121 cm³/mol. The summed E-state index contributed by atoms with van der Waals surface area (Å²) in [6.07, 6.45) is 6.05. The van der Waals surface area contributed by atoms with E-state index < -0.39 is 5.60 Å². The number of hydrogen-bond acceptors (Lipinski definition) is 2. The standard InChI is InChI=1S/C26H28N2O/c1-5-18-8-7-9-19(6-2)25(18)23-16-20-14-15-28(24(20)17-27-23)22-12-10-21(11-13-22)26(3,4)29/h7-17,29H,5-6H2,1-4H3. The third-order valence-corrected chi connectivity index (χ3v) is 5.68. The second-order valence-electron chi connectivity index (χ2n) is 8.08. The van der Waals surface area contributed by atoms with Gasteiger partial charge in [0.25, 0.3) is 0 Å². The van der Waals surface area contributed by atoms with Gasteiger partial charge in [-0.15, -0.1) is 0 Å². The van der Waals surface area contributed by atoms with Crippen molar-refractivity contribution in [3.63, 3.8) is 0 Å². The fourth-order valence-electron chi connectivity index (χ4n) is 4.00. The normalized spacial score (nSPS) is 11.9. The fourth-order valence-corrected chi connectivity index (χ4v) is 4.00. The Labute approximate surface area is 172 Å². The highest BCUT2D eigenvalue weighted by atomic mass is 16.3. The highest BCUT2D eigenvalue weighted by Crippen LogP contribution is 2.31. The van der Waals surface area contributed by atoms with Crippen LogP contribution in [0.2, 0.25) is 0 Å². The number of aliphatic hydroxyl groups is 1. The van der Waals surface area contributed by atoms with E-state index in [0.717, 1.165) is 35.3 Å². The van der Waals surface area contributed by atoms with Gasteiger partial charge < -0.3 is 9.67 Å². The Bertz CT molecular complexity index is 1130. The van der Waals surface area contributed by atoms with E-state index in [1.54, 1.807) is 13.8 Å². The molecule has 3 nitrogen and oxygen atoms in total. The number of aryl methyl sites for hydroxylation is 2. The van der Waals surface area contributed by atoms with Gasteiger partial charge in [-0.2, -0.15) is 0 Å². The van der Waals surface area contributed by atoms with Crippen LogP contribution in [0.25, 0.3) is 27.8 Å². The molecule has 0 amide bonds. The summed E-state index contributed by atoms with van der Waals surface area (Å²) in [6.45, 7) is 8.00. The van der Waals surface area contributed by atoms with Crippen LogP contribution in [-0.2, 0) is 18.4 Å². The molecule has 0 atom stereocenters. The molecule has 0 aliphatic rings. The third-order valence-electron chi connectivity index (χ3n) is 5.68. The van der Waals surface area contributed by atoms with Crippen molar-refractivity contribution in [1.82, 2.24) is 9.55 Å². The summed E-state index contributed by atoms with van der Waals surface area (Å²) in [5.74, 6) is 0. The van der Waals surface area contributed by atoms with Gasteiger partial charge in [0.1, 0.15) is 0 Å². The Hall–Kier alpha value is -2.91. The summed E-state index contributed by atoms with van der Waals surface area (Å²) in [7, 11) is 0. The first kappa shape index (κ1) is 19.4. The van der Waals surface area contributed by atoms with Gasteiger partial charge in [-0.25, -0.2) is 0 Å². The predicted octanol–water partition coefficient (Wildman–Crippen LogP) is 6.04. The molecule has 0 radical (unpaired) electrons. The van der Waals surface area contributed by atoms with Crippen molar-refractivity contribution in [2.75, 3.05) is 0 Å². The lowest BCUT2D eigenvalue weighted by Crippen LogP contribution is -2.15. The number of benzene rings is 2. The molecule has 0 saturated heterocycles. The summed E-state index contributed by atoms with van der Waals surface area (Å²) >= 11 is 0. The van der Waals surface area contributed by atoms with E-state index in [1.165, 1.54) is 22.1 Å². The molecule has 0 fully saturated rings. The third kappa shape index (κ3) is 3.58. The van der Waals surface area contributed by atoms with Crippen molar-refractivity contribution in [1.29, 1.82) is 0 Å². The summed E-state index contributed by atoms with van der Waals surface area (Å²) < 4.78 is 2.15. The number of hydrogen-bond donors (Lipinski definition) is 1. The van der Waals surface area contributed by atoms with Crippen LogP contribution in [0.15, 0.2) is 67.0 Å². The van der Waals surface area contributed by atoms with E-state index in [1.807, 2.05) is 30.5 Å². The van der Waals surface area contributed by atoms with Gasteiger partial charge in [-0.05, 0) is 67.6 Å². The maximum absolute atomic E-state index is 10.2.